The van der Waals surface area contributed by atoms with Crippen molar-refractivity contribution in [2.24, 2.45) is 0 Å². The number of alkyl carbamates (subject to hydrolysis) is 1. The number of nitrogens with zero attached hydrogens (tertiary/aromatic N) is 1. The van der Waals surface area contributed by atoms with Crippen molar-refractivity contribution in [1.82, 2.24) is 8.43 Å². The van der Waals surface area contributed by atoms with E-state index in [1.54, 1.807) is 0 Å². The maximum atomic E-state index is 11.6. The number of amides is 1. The predicted molar refractivity (Wildman–Crippen MR) is 72.6 cm³/mol. The van der Waals surface area contributed by atoms with Crippen LogP contribution < -0.4 is 5.32 Å². The first-order valence-corrected chi connectivity index (χ1v) is 6.68. The SMILES string of the molecule is C[C@@H]1[C@H](NC(=O)OC(C)(C)C)CCCN1I. The average molecular weight is 340 g/mol. The second-order valence-corrected chi connectivity index (χ2v) is 6.50. The van der Waals surface area contributed by atoms with E-state index in [9.17, 15) is 4.79 Å². The third-order valence-corrected chi connectivity index (χ3v) is 3.97. The summed E-state index contributed by atoms with van der Waals surface area (Å²) in [5, 5.41) is 2.95. The van der Waals surface area contributed by atoms with Crippen molar-refractivity contribution in [3.05, 3.63) is 0 Å². The van der Waals surface area contributed by atoms with E-state index in [0.717, 1.165) is 19.4 Å². The molecule has 0 aromatic heterocycles. The van der Waals surface area contributed by atoms with Crippen LogP contribution in [0.1, 0.15) is 40.5 Å². The molecule has 94 valence electrons. The first kappa shape index (κ1) is 14.0. The number of hydrogen-bond acceptors (Lipinski definition) is 3. The summed E-state index contributed by atoms with van der Waals surface area (Å²) in [7, 11) is 0. The molecule has 2 atom stereocenters. The van der Waals surface area contributed by atoms with Crippen LogP contribution >= 0.6 is 22.9 Å². The van der Waals surface area contributed by atoms with Gasteiger partial charge in [-0.1, -0.05) is 0 Å². The van der Waals surface area contributed by atoms with E-state index in [0.29, 0.717) is 6.04 Å². The normalized spacial score (nSPS) is 27.6. The summed E-state index contributed by atoms with van der Waals surface area (Å²) in [6.07, 6.45) is 1.84. The lowest BCUT2D eigenvalue weighted by atomic mass is 10.0. The third kappa shape index (κ3) is 4.45. The fraction of sp³-hybridized carbons (Fsp3) is 0.909. The van der Waals surface area contributed by atoms with Gasteiger partial charge in [-0.2, -0.15) is 0 Å². The van der Waals surface area contributed by atoms with Crippen LogP contribution in [0.25, 0.3) is 0 Å². The molecular formula is C11H21IN2O2. The lowest BCUT2D eigenvalue weighted by Gasteiger charge is -2.36. The number of carbonyl (C=O) groups excluding carboxylic acids is 1. The highest BCUT2D eigenvalue weighted by molar-refractivity contribution is 14.1. The molecule has 0 saturated carbocycles. The first-order chi connectivity index (χ1) is 7.29. The third-order valence-electron chi connectivity index (χ3n) is 2.61. The number of halogens is 1. The van der Waals surface area contributed by atoms with Gasteiger partial charge in [0.1, 0.15) is 5.60 Å². The quantitative estimate of drug-likeness (QED) is 0.590. The van der Waals surface area contributed by atoms with E-state index in [4.69, 9.17) is 4.74 Å². The topological polar surface area (TPSA) is 41.6 Å². The number of carbonyl (C=O) groups is 1. The van der Waals surface area contributed by atoms with Crippen LogP contribution in [0.2, 0.25) is 0 Å². The molecule has 16 heavy (non-hydrogen) atoms. The summed E-state index contributed by atoms with van der Waals surface area (Å²) >= 11 is 2.31. The number of ether oxygens (including phenoxy) is 1. The molecule has 1 aliphatic heterocycles. The van der Waals surface area contributed by atoms with Crippen LogP contribution in [0, 0.1) is 0 Å². The van der Waals surface area contributed by atoms with Crippen molar-refractivity contribution in [2.75, 3.05) is 6.54 Å². The molecule has 5 heteroatoms. The lowest BCUT2D eigenvalue weighted by molar-refractivity contribution is 0.0471. The highest BCUT2D eigenvalue weighted by Gasteiger charge is 2.29. The maximum absolute atomic E-state index is 11.6. The smallest absolute Gasteiger partial charge is 0.407 e. The van der Waals surface area contributed by atoms with Gasteiger partial charge in [-0.15, -0.1) is 0 Å². The van der Waals surface area contributed by atoms with Gasteiger partial charge in [0.2, 0.25) is 0 Å². The van der Waals surface area contributed by atoms with Gasteiger partial charge in [0.25, 0.3) is 0 Å². The van der Waals surface area contributed by atoms with E-state index in [2.05, 4.69) is 38.2 Å². The lowest BCUT2D eigenvalue weighted by Crippen LogP contribution is -2.51. The van der Waals surface area contributed by atoms with Crippen LogP contribution in [0.5, 0.6) is 0 Å². The number of hydrogen-bond donors (Lipinski definition) is 1. The summed E-state index contributed by atoms with van der Waals surface area (Å²) in [6, 6.07) is 0.558. The monoisotopic (exact) mass is 340 g/mol. The zero-order valence-corrected chi connectivity index (χ0v) is 12.6. The summed E-state index contributed by atoms with van der Waals surface area (Å²) in [5.74, 6) is 0. The Balaban J connectivity index is 2.44. The second-order valence-electron chi connectivity index (χ2n) is 5.26. The molecule has 1 aliphatic rings. The van der Waals surface area contributed by atoms with Crippen molar-refractivity contribution < 1.29 is 9.53 Å². The average Bonchev–Trinajstić information content (AvgIpc) is 2.09. The molecule has 1 fully saturated rings. The largest absolute Gasteiger partial charge is 0.444 e. The molecule has 1 N–H and O–H groups in total. The van der Waals surface area contributed by atoms with E-state index in [1.165, 1.54) is 0 Å². The molecule has 0 aromatic rings. The minimum absolute atomic E-state index is 0.195. The molecule has 0 spiro atoms. The Kier molecular flexibility index (Phi) is 4.85. The highest BCUT2D eigenvalue weighted by atomic mass is 127. The van der Waals surface area contributed by atoms with Crippen molar-refractivity contribution in [1.29, 1.82) is 0 Å². The molecular weight excluding hydrogens is 319 g/mol. The summed E-state index contributed by atoms with van der Waals surface area (Å²) in [5.41, 5.74) is -0.425. The van der Waals surface area contributed by atoms with Gasteiger partial charge in [0, 0.05) is 41.5 Å². The Morgan fingerprint density at radius 1 is 1.50 bits per heavy atom. The molecule has 1 saturated heterocycles. The van der Waals surface area contributed by atoms with Crippen LogP contribution in [-0.4, -0.2) is 33.4 Å². The minimum Gasteiger partial charge on any atom is -0.444 e. The second kappa shape index (κ2) is 5.53. The molecule has 1 amide bonds. The summed E-state index contributed by atoms with van der Waals surface area (Å²) in [6.45, 7) is 8.85. The zero-order chi connectivity index (χ0) is 12.3. The van der Waals surface area contributed by atoms with E-state index >= 15 is 0 Å². The van der Waals surface area contributed by atoms with Crippen LogP contribution in [0.3, 0.4) is 0 Å². The van der Waals surface area contributed by atoms with Crippen molar-refractivity contribution in [2.45, 2.75) is 58.2 Å². The van der Waals surface area contributed by atoms with Crippen molar-refractivity contribution in [3.63, 3.8) is 0 Å². The maximum Gasteiger partial charge on any atom is 0.407 e. The van der Waals surface area contributed by atoms with Gasteiger partial charge >= 0.3 is 6.09 Å². The fourth-order valence-corrected chi connectivity index (χ4v) is 2.48. The van der Waals surface area contributed by atoms with Gasteiger partial charge in [-0.05, 0) is 40.5 Å². The fourth-order valence-electron chi connectivity index (χ4n) is 1.75. The van der Waals surface area contributed by atoms with Crippen LogP contribution in [0.4, 0.5) is 4.79 Å². The highest BCUT2D eigenvalue weighted by Crippen LogP contribution is 2.21. The molecule has 4 nitrogen and oxygen atoms in total. The molecule has 0 aliphatic carbocycles. The molecule has 0 aromatic carbocycles. The minimum atomic E-state index is -0.425. The van der Waals surface area contributed by atoms with Crippen LogP contribution in [0.15, 0.2) is 0 Å². The number of rotatable bonds is 1. The predicted octanol–water partition coefficient (Wildman–Crippen LogP) is 2.71. The standard InChI is InChI=1S/C11H21IN2O2/c1-8-9(6-5-7-14(8)12)13-10(15)16-11(2,3)4/h8-9H,5-7H2,1-4H3,(H,13,15)/t8-,9-/m1/s1. The summed E-state index contributed by atoms with van der Waals surface area (Å²) in [4.78, 5) is 11.6. The molecule has 0 radical (unpaired) electrons. The Bertz CT molecular complexity index is 253. The molecule has 0 unspecified atom stereocenters. The van der Waals surface area contributed by atoms with Crippen LogP contribution in [-0.2, 0) is 4.74 Å². The van der Waals surface area contributed by atoms with Gasteiger partial charge in [-0.25, -0.2) is 7.91 Å². The van der Waals surface area contributed by atoms with E-state index < -0.39 is 5.60 Å². The number of piperidine rings is 1. The number of nitrogens with one attached hydrogen (secondary N) is 1. The van der Waals surface area contributed by atoms with Gasteiger partial charge in [-0.3, -0.25) is 0 Å². The van der Waals surface area contributed by atoms with Gasteiger partial charge in [0.05, 0.1) is 0 Å². The summed E-state index contributed by atoms with van der Waals surface area (Å²) < 4.78 is 7.49. The van der Waals surface area contributed by atoms with E-state index in [1.807, 2.05) is 20.8 Å². The van der Waals surface area contributed by atoms with E-state index in [-0.39, 0.29) is 12.1 Å². The van der Waals surface area contributed by atoms with Gasteiger partial charge in [0.15, 0.2) is 0 Å². The van der Waals surface area contributed by atoms with Gasteiger partial charge < -0.3 is 10.1 Å². The molecule has 1 rings (SSSR count). The first-order valence-electron chi connectivity index (χ1n) is 5.71. The van der Waals surface area contributed by atoms with Crippen molar-refractivity contribution in [3.8, 4) is 0 Å². The Hall–Kier alpha value is -0.0400. The Labute approximate surface area is 112 Å². The molecule has 0 bridgehead atoms. The molecule has 1 heterocycles. The Morgan fingerprint density at radius 2 is 2.12 bits per heavy atom. The van der Waals surface area contributed by atoms with Crippen molar-refractivity contribution >= 4 is 29.0 Å². The zero-order valence-electron chi connectivity index (χ0n) is 10.4. The Morgan fingerprint density at radius 3 is 2.69 bits per heavy atom.